The van der Waals surface area contributed by atoms with Crippen molar-refractivity contribution in [2.75, 3.05) is 12.4 Å². The number of hydrogen-bond acceptors (Lipinski definition) is 5. The van der Waals surface area contributed by atoms with Crippen LogP contribution in [0, 0.1) is 0 Å². The van der Waals surface area contributed by atoms with Crippen LogP contribution in [0.5, 0.6) is 11.5 Å². The minimum absolute atomic E-state index is 0.0635. The third-order valence-corrected chi connectivity index (χ3v) is 4.20. The summed E-state index contributed by atoms with van der Waals surface area (Å²) in [5.41, 5.74) is 2.80. The third kappa shape index (κ3) is 5.10. The summed E-state index contributed by atoms with van der Waals surface area (Å²) < 4.78 is 5.39. The van der Waals surface area contributed by atoms with E-state index in [0.29, 0.717) is 15.1 Å². The number of phenolic OH excluding ortho intramolecular Hbond substituents is 1. The fraction of sp³-hybridized carbons (Fsp3) is 0.0625. The molecule has 0 aromatic heterocycles. The predicted octanol–water partition coefficient (Wildman–Crippen LogP) is 3.56. The maximum atomic E-state index is 11.9. The summed E-state index contributed by atoms with van der Waals surface area (Å²) in [4.78, 5) is 23.6. The number of aromatic hydroxyl groups is 1. The van der Waals surface area contributed by atoms with Crippen LogP contribution in [0.25, 0.3) is 0 Å². The highest BCUT2D eigenvalue weighted by atomic mass is 79.9. The van der Waals surface area contributed by atoms with Crippen LogP contribution >= 0.6 is 39.1 Å². The zero-order chi connectivity index (χ0) is 19.3. The van der Waals surface area contributed by atoms with Crippen molar-refractivity contribution < 1.29 is 19.4 Å². The average molecular weight is 461 g/mol. The molecule has 0 bridgehead atoms. The predicted molar refractivity (Wildman–Crippen MR) is 103 cm³/mol. The van der Waals surface area contributed by atoms with Gasteiger partial charge in [-0.05, 0) is 51.8 Å². The number of nitrogens with zero attached hydrogens (tertiary/aromatic N) is 1. The van der Waals surface area contributed by atoms with Crippen molar-refractivity contribution in [2.45, 2.75) is 0 Å². The van der Waals surface area contributed by atoms with Crippen LogP contribution in [0.2, 0.25) is 10.0 Å². The topological polar surface area (TPSA) is 100 Å². The van der Waals surface area contributed by atoms with Gasteiger partial charge in [-0.3, -0.25) is 9.59 Å². The Bertz CT molecular complexity index is 890. The Hall–Kier alpha value is -2.29. The van der Waals surface area contributed by atoms with Gasteiger partial charge in [-0.25, -0.2) is 5.43 Å². The molecule has 3 N–H and O–H groups in total. The van der Waals surface area contributed by atoms with E-state index in [1.165, 1.54) is 31.5 Å². The first-order valence-electron chi connectivity index (χ1n) is 6.97. The Kier molecular flexibility index (Phi) is 6.84. The van der Waals surface area contributed by atoms with Crippen molar-refractivity contribution in [3.05, 3.63) is 50.4 Å². The molecule has 0 atom stereocenters. The summed E-state index contributed by atoms with van der Waals surface area (Å²) in [7, 11) is 1.40. The summed E-state index contributed by atoms with van der Waals surface area (Å²) in [6.07, 6.45) is 1.28. The highest BCUT2D eigenvalue weighted by Crippen LogP contribution is 2.34. The van der Waals surface area contributed by atoms with E-state index in [0.717, 1.165) is 0 Å². The molecule has 2 rings (SSSR count). The van der Waals surface area contributed by atoms with E-state index in [-0.39, 0.29) is 22.2 Å². The van der Waals surface area contributed by atoms with E-state index in [9.17, 15) is 14.7 Å². The number of anilines is 1. The molecule has 10 heteroatoms. The third-order valence-electron chi connectivity index (χ3n) is 3.03. The molecule has 0 saturated carbocycles. The second-order valence-electron chi connectivity index (χ2n) is 4.83. The number of ether oxygens (including phenoxy) is 1. The Morgan fingerprint density at radius 3 is 2.65 bits per heavy atom. The molecule has 0 aliphatic carbocycles. The smallest absolute Gasteiger partial charge is 0.329 e. The molecule has 0 heterocycles. The molecule has 7 nitrogen and oxygen atoms in total. The minimum Gasteiger partial charge on any atom is -0.503 e. The monoisotopic (exact) mass is 459 g/mol. The SMILES string of the molecule is COc1cc(C=NNC(=O)C(=O)Nc2cc(Cl)ccc2Cl)cc(Br)c1O. The first-order chi connectivity index (χ1) is 12.3. The van der Waals surface area contributed by atoms with Gasteiger partial charge in [-0.2, -0.15) is 5.10 Å². The molecule has 2 aromatic carbocycles. The zero-order valence-corrected chi connectivity index (χ0v) is 16.3. The number of halogens is 3. The zero-order valence-electron chi connectivity index (χ0n) is 13.2. The van der Waals surface area contributed by atoms with Gasteiger partial charge in [0.05, 0.1) is 28.5 Å². The van der Waals surface area contributed by atoms with Crippen molar-refractivity contribution in [2.24, 2.45) is 5.10 Å². The molecule has 0 unspecified atom stereocenters. The van der Waals surface area contributed by atoms with Crippen LogP contribution in [-0.2, 0) is 9.59 Å². The maximum Gasteiger partial charge on any atom is 0.329 e. The lowest BCUT2D eigenvalue weighted by molar-refractivity contribution is -0.136. The number of rotatable bonds is 4. The van der Waals surface area contributed by atoms with Crippen molar-refractivity contribution >= 4 is 62.8 Å². The van der Waals surface area contributed by atoms with Crippen LogP contribution in [-0.4, -0.2) is 30.2 Å². The van der Waals surface area contributed by atoms with E-state index in [1.54, 1.807) is 12.1 Å². The molecule has 0 spiro atoms. The highest BCUT2D eigenvalue weighted by Gasteiger charge is 2.15. The van der Waals surface area contributed by atoms with E-state index in [4.69, 9.17) is 27.9 Å². The Balaban J connectivity index is 2.01. The number of amides is 2. The first-order valence-corrected chi connectivity index (χ1v) is 8.52. The van der Waals surface area contributed by atoms with E-state index in [1.807, 2.05) is 0 Å². The van der Waals surface area contributed by atoms with E-state index < -0.39 is 11.8 Å². The Morgan fingerprint density at radius 1 is 1.23 bits per heavy atom. The summed E-state index contributed by atoms with van der Waals surface area (Å²) in [5.74, 6) is -1.80. The number of phenols is 1. The molecule has 0 aliphatic rings. The number of hydrogen-bond donors (Lipinski definition) is 3. The fourth-order valence-electron chi connectivity index (χ4n) is 1.81. The van der Waals surface area contributed by atoms with Crippen LogP contribution in [0.4, 0.5) is 5.69 Å². The van der Waals surface area contributed by atoms with Gasteiger partial charge in [0, 0.05) is 5.02 Å². The summed E-state index contributed by atoms with van der Waals surface area (Å²) in [5, 5.41) is 16.3. The summed E-state index contributed by atoms with van der Waals surface area (Å²) in [6, 6.07) is 7.51. The van der Waals surface area contributed by atoms with Gasteiger partial charge < -0.3 is 15.2 Å². The van der Waals surface area contributed by atoms with Gasteiger partial charge >= 0.3 is 11.8 Å². The fourth-order valence-corrected chi connectivity index (χ4v) is 2.61. The number of nitrogens with one attached hydrogen (secondary N) is 2. The van der Waals surface area contributed by atoms with Crippen LogP contribution in [0.15, 0.2) is 39.9 Å². The second kappa shape index (κ2) is 8.88. The minimum atomic E-state index is -0.998. The van der Waals surface area contributed by atoms with Crippen molar-refractivity contribution in [1.82, 2.24) is 5.43 Å². The normalized spacial score (nSPS) is 10.6. The second-order valence-corrected chi connectivity index (χ2v) is 6.53. The quantitative estimate of drug-likeness (QED) is 0.369. The van der Waals surface area contributed by atoms with Crippen LogP contribution in [0.1, 0.15) is 5.56 Å². The lowest BCUT2D eigenvalue weighted by atomic mass is 10.2. The number of hydrazone groups is 1. The molecular weight excluding hydrogens is 449 g/mol. The van der Waals surface area contributed by atoms with Crippen molar-refractivity contribution in [1.29, 1.82) is 0 Å². The van der Waals surface area contributed by atoms with Crippen molar-refractivity contribution in [3.63, 3.8) is 0 Å². The summed E-state index contributed by atoms with van der Waals surface area (Å²) >= 11 is 14.9. The molecule has 26 heavy (non-hydrogen) atoms. The van der Waals surface area contributed by atoms with Gasteiger partial charge in [-0.15, -0.1) is 0 Å². The number of carbonyl (C=O) groups is 2. The summed E-state index contributed by atoms with van der Waals surface area (Å²) in [6.45, 7) is 0. The molecule has 2 aromatic rings. The van der Waals surface area contributed by atoms with Crippen molar-refractivity contribution in [3.8, 4) is 11.5 Å². The number of carbonyl (C=O) groups excluding carboxylic acids is 2. The molecule has 0 aliphatic heterocycles. The molecule has 136 valence electrons. The number of benzene rings is 2. The number of methoxy groups -OCH3 is 1. The Morgan fingerprint density at radius 2 is 1.96 bits per heavy atom. The van der Waals surface area contributed by atoms with Gasteiger partial charge in [0.25, 0.3) is 0 Å². The lowest BCUT2D eigenvalue weighted by Gasteiger charge is -2.07. The molecule has 0 fully saturated rings. The molecule has 0 radical (unpaired) electrons. The average Bonchev–Trinajstić information content (AvgIpc) is 2.60. The van der Waals surface area contributed by atoms with E-state index >= 15 is 0 Å². The van der Waals surface area contributed by atoms with Gasteiger partial charge in [-0.1, -0.05) is 23.2 Å². The Labute approximate surface area is 167 Å². The molecule has 2 amide bonds. The first kappa shape index (κ1) is 20.0. The largest absolute Gasteiger partial charge is 0.503 e. The van der Waals surface area contributed by atoms with Gasteiger partial charge in [0.15, 0.2) is 11.5 Å². The lowest BCUT2D eigenvalue weighted by Crippen LogP contribution is -2.32. The highest BCUT2D eigenvalue weighted by molar-refractivity contribution is 9.10. The van der Waals surface area contributed by atoms with Crippen LogP contribution in [0.3, 0.4) is 0 Å². The molecule has 0 saturated heterocycles. The maximum absolute atomic E-state index is 11.9. The standard InChI is InChI=1S/C16H12BrCl2N3O4/c1-26-13-5-8(4-10(17)14(13)23)7-20-22-16(25)15(24)21-12-6-9(18)2-3-11(12)19/h2-7,23H,1H3,(H,21,24)(H,22,25). The van der Waals surface area contributed by atoms with Gasteiger partial charge in [0.2, 0.25) is 0 Å². The van der Waals surface area contributed by atoms with Crippen LogP contribution < -0.4 is 15.5 Å². The van der Waals surface area contributed by atoms with E-state index in [2.05, 4.69) is 31.8 Å². The van der Waals surface area contributed by atoms with Gasteiger partial charge in [0.1, 0.15) is 0 Å². The molecular formula is C16H12BrCl2N3O4.